The molecule has 0 unspecified atom stereocenters. The fourth-order valence-corrected chi connectivity index (χ4v) is 2.04. The summed E-state index contributed by atoms with van der Waals surface area (Å²) in [6.45, 7) is 3.74. The van der Waals surface area contributed by atoms with Crippen molar-refractivity contribution in [2.24, 2.45) is 0 Å². The van der Waals surface area contributed by atoms with Gasteiger partial charge in [0.2, 0.25) is 0 Å². The van der Waals surface area contributed by atoms with Gasteiger partial charge in [0.1, 0.15) is 0 Å². The number of carbonyl (C=O) groups excluding carboxylic acids is 2. The molecule has 23 heavy (non-hydrogen) atoms. The van der Waals surface area contributed by atoms with Crippen molar-refractivity contribution in [3.05, 3.63) is 59.1 Å². The molecule has 0 saturated carbocycles. The molecule has 0 heterocycles. The van der Waals surface area contributed by atoms with Crippen molar-refractivity contribution in [2.45, 2.75) is 19.9 Å². The SMILES string of the molecule is CC(C)NC(=O)Nc1ccccc1NC(=O)c1ccc(Cl)cc1. The maximum Gasteiger partial charge on any atom is 0.319 e. The highest BCUT2D eigenvalue weighted by Gasteiger charge is 2.11. The van der Waals surface area contributed by atoms with E-state index in [1.54, 1.807) is 48.5 Å². The number of urea groups is 1. The Labute approximate surface area is 140 Å². The number of para-hydroxylation sites is 2. The van der Waals surface area contributed by atoms with Crippen LogP contribution in [0.4, 0.5) is 16.2 Å². The van der Waals surface area contributed by atoms with Crippen molar-refractivity contribution in [2.75, 3.05) is 10.6 Å². The minimum absolute atomic E-state index is 0.0193. The zero-order valence-corrected chi connectivity index (χ0v) is 13.6. The van der Waals surface area contributed by atoms with Crippen molar-refractivity contribution >= 4 is 34.9 Å². The van der Waals surface area contributed by atoms with E-state index in [0.29, 0.717) is 22.0 Å². The molecule has 0 radical (unpaired) electrons. The first kappa shape index (κ1) is 16.8. The molecule has 3 N–H and O–H groups in total. The first-order chi connectivity index (χ1) is 11.0. The molecule has 0 saturated heterocycles. The Kier molecular flexibility index (Phi) is 5.60. The number of hydrogen-bond donors (Lipinski definition) is 3. The van der Waals surface area contributed by atoms with Gasteiger partial charge in [-0.3, -0.25) is 4.79 Å². The molecule has 2 rings (SSSR count). The average Bonchev–Trinajstić information content (AvgIpc) is 2.49. The molecule has 3 amide bonds. The van der Waals surface area contributed by atoms with Gasteiger partial charge in [0.15, 0.2) is 0 Å². The third-order valence-electron chi connectivity index (χ3n) is 2.95. The van der Waals surface area contributed by atoms with Gasteiger partial charge in [-0.25, -0.2) is 4.79 Å². The van der Waals surface area contributed by atoms with E-state index >= 15 is 0 Å². The molecule has 0 spiro atoms. The molecule has 0 fully saturated rings. The lowest BCUT2D eigenvalue weighted by atomic mass is 10.2. The molecule has 0 bridgehead atoms. The number of rotatable bonds is 4. The summed E-state index contributed by atoms with van der Waals surface area (Å²) in [5, 5.41) is 8.80. The van der Waals surface area contributed by atoms with Crippen LogP contribution < -0.4 is 16.0 Å². The molecule has 0 atom stereocenters. The largest absolute Gasteiger partial charge is 0.336 e. The number of nitrogens with one attached hydrogen (secondary N) is 3. The Morgan fingerprint density at radius 3 is 2.04 bits per heavy atom. The van der Waals surface area contributed by atoms with Crippen LogP contribution in [0, 0.1) is 0 Å². The van der Waals surface area contributed by atoms with Gasteiger partial charge in [-0.1, -0.05) is 23.7 Å². The summed E-state index contributed by atoms with van der Waals surface area (Å²) in [4.78, 5) is 24.1. The van der Waals surface area contributed by atoms with E-state index in [4.69, 9.17) is 11.6 Å². The Balaban J connectivity index is 2.12. The maximum absolute atomic E-state index is 12.3. The lowest BCUT2D eigenvalue weighted by molar-refractivity contribution is 0.102. The van der Waals surface area contributed by atoms with Crippen LogP contribution in [-0.2, 0) is 0 Å². The van der Waals surface area contributed by atoms with Gasteiger partial charge < -0.3 is 16.0 Å². The molecule has 120 valence electrons. The maximum atomic E-state index is 12.3. The molecule has 0 aliphatic carbocycles. The van der Waals surface area contributed by atoms with E-state index in [0.717, 1.165) is 0 Å². The van der Waals surface area contributed by atoms with Crippen LogP contribution in [0.2, 0.25) is 5.02 Å². The third-order valence-corrected chi connectivity index (χ3v) is 3.20. The second kappa shape index (κ2) is 7.65. The van der Waals surface area contributed by atoms with Crippen LogP contribution in [0.1, 0.15) is 24.2 Å². The van der Waals surface area contributed by atoms with Gasteiger partial charge >= 0.3 is 6.03 Å². The first-order valence-electron chi connectivity index (χ1n) is 7.19. The second-order valence-electron chi connectivity index (χ2n) is 5.26. The highest BCUT2D eigenvalue weighted by atomic mass is 35.5. The predicted octanol–water partition coefficient (Wildman–Crippen LogP) is 4.12. The lowest BCUT2D eigenvalue weighted by Gasteiger charge is -2.14. The fraction of sp³-hybridized carbons (Fsp3) is 0.176. The smallest absolute Gasteiger partial charge is 0.319 e. The molecule has 2 aromatic carbocycles. The number of amides is 3. The standard InChI is InChI=1S/C17H18ClN3O2/c1-11(2)19-17(23)21-15-6-4-3-5-14(15)20-16(22)12-7-9-13(18)10-8-12/h3-11H,1-2H3,(H,20,22)(H2,19,21,23). The van der Waals surface area contributed by atoms with E-state index < -0.39 is 0 Å². The zero-order valence-electron chi connectivity index (χ0n) is 12.9. The van der Waals surface area contributed by atoms with Crippen LogP contribution in [-0.4, -0.2) is 18.0 Å². The Morgan fingerprint density at radius 2 is 1.48 bits per heavy atom. The molecular formula is C17H18ClN3O2. The second-order valence-corrected chi connectivity index (χ2v) is 5.70. The van der Waals surface area contributed by atoms with Crippen molar-refractivity contribution < 1.29 is 9.59 Å². The van der Waals surface area contributed by atoms with Crippen molar-refractivity contribution in [1.29, 1.82) is 0 Å². The minimum Gasteiger partial charge on any atom is -0.336 e. The molecular weight excluding hydrogens is 314 g/mol. The number of anilines is 2. The first-order valence-corrected chi connectivity index (χ1v) is 7.57. The van der Waals surface area contributed by atoms with Crippen LogP contribution >= 0.6 is 11.6 Å². The summed E-state index contributed by atoms with van der Waals surface area (Å²) in [5.41, 5.74) is 1.52. The van der Waals surface area contributed by atoms with Gasteiger partial charge in [-0.2, -0.15) is 0 Å². The van der Waals surface area contributed by atoms with Crippen LogP contribution in [0.5, 0.6) is 0 Å². The number of benzene rings is 2. The Hall–Kier alpha value is -2.53. The van der Waals surface area contributed by atoms with E-state index in [2.05, 4.69) is 16.0 Å². The summed E-state index contributed by atoms with van der Waals surface area (Å²) in [6, 6.07) is 13.3. The van der Waals surface area contributed by atoms with Crippen molar-refractivity contribution in [1.82, 2.24) is 5.32 Å². The third kappa shape index (κ3) is 5.00. The van der Waals surface area contributed by atoms with E-state index in [1.165, 1.54) is 0 Å². The average molecular weight is 332 g/mol. The van der Waals surface area contributed by atoms with Crippen molar-refractivity contribution in [3.63, 3.8) is 0 Å². The number of halogens is 1. The fourth-order valence-electron chi connectivity index (χ4n) is 1.92. The van der Waals surface area contributed by atoms with E-state index in [-0.39, 0.29) is 18.0 Å². The zero-order chi connectivity index (χ0) is 16.8. The Morgan fingerprint density at radius 1 is 0.913 bits per heavy atom. The minimum atomic E-state index is -0.326. The molecule has 0 aromatic heterocycles. The molecule has 0 aliphatic heterocycles. The summed E-state index contributed by atoms with van der Waals surface area (Å²) in [6.07, 6.45) is 0. The quantitative estimate of drug-likeness (QED) is 0.788. The van der Waals surface area contributed by atoms with Gasteiger partial charge in [0, 0.05) is 16.6 Å². The van der Waals surface area contributed by atoms with Gasteiger partial charge in [0.25, 0.3) is 5.91 Å². The van der Waals surface area contributed by atoms with Crippen LogP contribution in [0.15, 0.2) is 48.5 Å². The topological polar surface area (TPSA) is 70.2 Å². The van der Waals surface area contributed by atoms with Crippen molar-refractivity contribution in [3.8, 4) is 0 Å². The van der Waals surface area contributed by atoms with E-state index in [9.17, 15) is 9.59 Å². The highest BCUT2D eigenvalue weighted by Crippen LogP contribution is 2.22. The van der Waals surface area contributed by atoms with Gasteiger partial charge in [-0.15, -0.1) is 0 Å². The lowest BCUT2D eigenvalue weighted by Crippen LogP contribution is -2.34. The predicted molar refractivity (Wildman–Crippen MR) is 93.1 cm³/mol. The van der Waals surface area contributed by atoms with Gasteiger partial charge in [0.05, 0.1) is 11.4 Å². The van der Waals surface area contributed by atoms with E-state index in [1.807, 2.05) is 13.8 Å². The highest BCUT2D eigenvalue weighted by molar-refractivity contribution is 6.30. The van der Waals surface area contributed by atoms with Gasteiger partial charge in [-0.05, 0) is 50.2 Å². The van der Waals surface area contributed by atoms with Crippen LogP contribution in [0.25, 0.3) is 0 Å². The summed E-state index contributed by atoms with van der Waals surface area (Å²) < 4.78 is 0. The summed E-state index contributed by atoms with van der Waals surface area (Å²) >= 11 is 5.81. The molecule has 6 heteroatoms. The monoisotopic (exact) mass is 331 g/mol. The summed E-state index contributed by atoms with van der Waals surface area (Å²) in [5.74, 6) is -0.278. The molecule has 2 aromatic rings. The van der Waals surface area contributed by atoms with Crippen LogP contribution in [0.3, 0.4) is 0 Å². The molecule has 0 aliphatic rings. The number of hydrogen-bond acceptors (Lipinski definition) is 2. The molecule has 5 nitrogen and oxygen atoms in total. The Bertz CT molecular complexity index is 699. The normalized spacial score (nSPS) is 10.3. The number of carbonyl (C=O) groups is 2. The summed E-state index contributed by atoms with van der Waals surface area (Å²) in [7, 11) is 0.